The summed E-state index contributed by atoms with van der Waals surface area (Å²) in [6, 6.07) is 19.6. The number of hydrogen-bond acceptors (Lipinski definition) is 3. The van der Waals surface area contributed by atoms with Crippen LogP contribution in [0.15, 0.2) is 60.7 Å². The number of nitrogens with one attached hydrogen (secondary N) is 1. The fourth-order valence-corrected chi connectivity index (χ4v) is 3.16. The van der Waals surface area contributed by atoms with Crippen LogP contribution in [0.25, 0.3) is 0 Å². The Kier molecular flexibility index (Phi) is 4.63. The minimum Gasteiger partial charge on any atom is -0.445 e. The van der Waals surface area contributed by atoms with Crippen molar-refractivity contribution in [3.8, 4) is 0 Å². The number of hydrogen-bond donors (Lipinski definition) is 2. The lowest BCUT2D eigenvalue weighted by Crippen LogP contribution is -2.55. The van der Waals surface area contributed by atoms with E-state index in [1.165, 1.54) is 0 Å². The second-order valence-electron chi connectivity index (χ2n) is 6.12. The van der Waals surface area contributed by atoms with E-state index in [0.717, 1.165) is 24.0 Å². The van der Waals surface area contributed by atoms with Crippen molar-refractivity contribution in [3.63, 3.8) is 0 Å². The van der Waals surface area contributed by atoms with Gasteiger partial charge in [0.25, 0.3) is 0 Å². The molecule has 2 aromatic carbocycles. The number of alkyl carbamates (subject to hydrolysis) is 1. The zero-order valence-corrected chi connectivity index (χ0v) is 12.9. The molecule has 3 rings (SSSR count). The Balaban J connectivity index is 1.48. The lowest BCUT2D eigenvalue weighted by molar-refractivity contribution is 0.0751. The third kappa shape index (κ3) is 3.54. The van der Waals surface area contributed by atoms with Crippen LogP contribution in [0.4, 0.5) is 4.79 Å². The maximum atomic E-state index is 11.9. The Morgan fingerprint density at radius 2 is 1.70 bits per heavy atom. The third-order valence-electron chi connectivity index (χ3n) is 4.50. The van der Waals surface area contributed by atoms with Crippen molar-refractivity contribution in [3.05, 3.63) is 71.8 Å². The van der Waals surface area contributed by atoms with E-state index in [1.807, 2.05) is 60.7 Å². The molecule has 0 spiro atoms. The maximum Gasteiger partial charge on any atom is 0.407 e. The number of amides is 1. The van der Waals surface area contributed by atoms with Crippen LogP contribution in [-0.2, 0) is 16.8 Å². The van der Waals surface area contributed by atoms with Gasteiger partial charge < -0.3 is 15.2 Å². The van der Waals surface area contributed by atoms with Crippen molar-refractivity contribution in [2.45, 2.75) is 30.9 Å². The summed E-state index contributed by atoms with van der Waals surface area (Å²) in [6.07, 6.45) is 1.06. The molecule has 1 aliphatic carbocycles. The van der Waals surface area contributed by atoms with Crippen molar-refractivity contribution < 1.29 is 14.6 Å². The number of benzene rings is 2. The first-order chi connectivity index (χ1) is 11.2. The molecular formula is C19H21NO3. The molecule has 1 aliphatic rings. The van der Waals surface area contributed by atoms with Gasteiger partial charge in [-0.25, -0.2) is 4.79 Å². The van der Waals surface area contributed by atoms with Gasteiger partial charge in [0, 0.05) is 11.5 Å². The second kappa shape index (κ2) is 6.84. The predicted octanol–water partition coefficient (Wildman–Crippen LogP) is 3.01. The molecule has 1 fully saturated rings. The number of ether oxygens (including phenoxy) is 1. The van der Waals surface area contributed by atoms with Crippen molar-refractivity contribution in [1.29, 1.82) is 0 Å². The molecule has 0 aliphatic heterocycles. The Morgan fingerprint density at radius 1 is 1.09 bits per heavy atom. The highest BCUT2D eigenvalue weighted by atomic mass is 16.5. The molecule has 0 saturated heterocycles. The van der Waals surface area contributed by atoms with Crippen LogP contribution in [0.5, 0.6) is 0 Å². The highest BCUT2D eigenvalue weighted by Gasteiger charge is 2.45. The van der Waals surface area contributed by atoms with E-state index >= 15 is 0 Å². The largest absolute Gasteiger partial charge is 0.445 e. The number of rotatable bonds is 5. The number of aliphatic hydroxyl groups excluding tert-OH is 1. The van der Waals surface area contributed by atoms with Gasteiger partial charge in [-0.2, -0.15) is 0 Å². The average molecular weight is 311 g/mol. The smallest absolute Gasteiger partial charge is 0.407 e. The van der Waals surface area contributed by atoms with Gasteiger partial charge in [-0.05, 0) is 24.0 Å². The van der Waals surface area contributed by atoms with Gasteiger partial charge in [-0.1, -0.05) is 60.7 Å². The molecule has 1 saturated carbocycles. The summed E-state index contributed by atoms with van der Waals surface area (Å²) in [6.45, 7) is 0.359. The van der Waals surface area contributed by atoms with Gasteiger partial charge in [0.2, 0.25) is 0 Å². The fourth-order valence-electron chi connectivity index (χ4n) is 3.16. The Bertz CT molecular complexity index is 636. The summed E-state index contributed by atoms with van der Waals surface area (Å²) in [4.78, 5) is 11.9. The molecule has 0 radical (unpaired) electrons. The first kappa shape index (κ1) is 15.6. The van der Waals surface area contributed by atoms with Gasteiger partial charge in [0.15, 0.2) is 0 Å². The van der Waals surface area contributed by atoms with Gasteiger partial charge in [-0.15, -0.1) is 0 Å². The SMILES string of the molecule is O=C(NC1CC(CO)(c2ccccc2)C1)OCc1ccccc1. The number of carbonyl (C=O) groups excluding carboxylic acids is 1. The molecule has 0 bridgehead atoms. The molecule has 0 unspecified atom stereocenters. The molecule has 1 amide bonds. The van der Waals surface area contributed by atoms with Crippen molar-refractivity contribution in [2.24, 2.45) is 0 Å². The average Bonchev–Trinajstić information content (AvgIpc) is 2.57. The summed E-state index contributed by atoms with van der Waals surface area (Å²) < 4.78 is 5.23. The highest BCUT2D eigenvalue weighted by molar-refractivity contribution is 5.68. The maximum absolute atomic E-state index is 11.9. The van der Waals surface area contributed by atoms with Crippen molar-refractivity contribution >= 4 is 6.09 Å². The van der Waals surface area contributed by atoms with E-state index in [4.69, 9.17) is 4.74 Å². The van der Waals surface area contributed by atoms with Gasteiger partial charge in [0.1, 0.15) is 6.61 Å². The highest BCUT2D eigenvalue weighted by Crippen LogP contribution is 2.43. The normalized spacial score (nSPS) is 22.9. The second-order valence-corrected chi connectivity index (χ2v) is 6.12. The van der Waals surface area contributed by atoms with Gasteiger partial charge >= 0.3 is 6.09 Å². The molecule has 120 valence electrons. The molecule has 23 heavy (non-hydrogen) atoms. The molecular weight excluding hydrogens is 290 g/mol. The minimum absolute atomic E-state index is 0.0469. The summed E-state index contributed by atoms with van der Waals surface area (Å²) in [5.41, 5.74) is 1.85. The zero-order valence-electron chi connectivity index (χ0n) is 12.9. The molecule has 0 atom stereocenters. The first-order valence-electron chi connectivity index (χ1n) is 7.85. The first-order valence-corrected chi connectivity index (χ1v) is 7.85. The zero-order chi connectivity index (χ0) is 16.1. The van der Waals surface area contributed by atoms with Crippen LogP contribution in [0, 0.1) is 0 Å². The third-order valence-corrected chi connectivity index (χ3v) is 4.50. The minimum atomic E-state index is -0.404. The Labute approximate surface area is 136 Å². The van der Waals surface area contributed by atoms with E-state index in [9.17, 15) is 9.90 Å². The Hall–Kier alpha value is -2.33. The summed E-state index contributed by atoms with van der Waals surface area (Å²) >= 11 is 0. The molecule has 0 aromatic heterocycles. The predicted molar refractivity (Wildman–Crippen MR) is 88.0 cm³/mol. The van der Waals surface area contributed by atoms with E-state index in [2.05, 4.69) is 5.32 Å². The molecule has 4 heteroatoms. The molecule has 0 heterocycles. The summed E-state index contributed by atoms with van der Waals surface area (Å²) in [5.74, 6) is 0. The van der Waals surface area contributed by atoms with Crippen molar-refractivity contribution in [1.82, 2.24) is 5.32 Å². The number of aliphatic hydroxyl groups is 1. The van der Waals surface area contributed by atoms with Crippen LogP contribution >= 0.6 is 0 Å². The number of carbonyl (C=O) groups is 1. The fraction of sp³-hybridized carbons (Fsp3) is 0.316. The quantitative estimate of drug-likeness (QED) is 0.892. The lowest BCUT2D eigenvalue weighted by atomic mass is 9.62. The van der Waals surface area contributed by atoms with E-state index in [0.29, 0.717) is 0 Å². The monoisotopic (exact) mass is 311 g/mol. The molecule has 2 N–H and O–H groups in total. The van der Waals surface area contributed by atoms with E-state index in [-0.39, 0.29) is 24.7 Å². The summed E-state index contributed by atoms with van der Waals surface area (Å²) in [7, 11) is 0. The van der Waals surface area contributed by atoms with E-state index < -0.39 is 6.09 Å². The van der Waals surface area contributed by atoms with Gasteiger partial charge in [-0.3, -0.25) is 0 Å². The topological polar surface area (TPSA) is 58.6 Å². The standard InChI is InChI=1S/C19H21NO3/c21-14-19(16-9-5-2-6-10-16)11-17(12-19)20-18(22)23-13-15-7-3-1-4-8-15/h1-10,17,21H,11-14H2,(H,20,22). The lowest BCUT2D eigenvalue weighted by Gasteiger charge is -2.47. The Morgan fingerprint density at radius 3 is 2.30 bits per heavy atom. The van der Waals surface area contributed by atoms with Crippen molar-refractivity contribution in [2.75, 3.05) is 6.61 Å². The van der Waals surface area contributed by atoms with Crippen LogP contribution in [-0.4, -0.2) is 23.8 Å². The van der Waals surface area contributed by atoms with Crippen LogP contribution in [0.3, 0.4) is 0 Å². The summed E-state index contributed by atoms with van der Waals surface area (Å²) in [5, 5.41) is 12.6. The van der Waals surface area contributed by atoms with E-state index in [1.54, 1.807) is 0 Å². The molecule has 2 aromatic rings. The van der Waals surface area contributed by atoms with Crippen LogP contribution < -0.4 is 5.32 Å². The van der Waals surface area contributed by atoms with Gasteiger partial charge in [0.05, 0.1) is 6.61 Å². The molecule has 4 nitrogen and oxygen atoms in total. The van der Waals surface area contributed by atoms with Crippen LogP contribution in [0.1, 0.15) is 24.0 Å². The van der Waals surface area contributed by atoms with Crippen LogP contribution in [0.2, 0.25) is 0 Å².